The second-order valence-corrected chi connectivity index (χ2v) is 9.25. The largest absolute Gasteiger partial charge is 0.355 e. The molecule has 8 nitrogen and oxygen atoms in total. The van der Waals surface area contributed by atoms with E-state index in [1.54, 1.807) is 6.07 Å². The van der Waals surface area contributed by atoms with E-state index in [9.17, 15) is 14.4 Å². The van der Waals surface area contributed by atoms with Crippen LogP contribution in [0.3, 0.4) is 0 Å². The van der Waals surface area contributed by atoms with Gasteiger partial charge >= 0.3 is 5.69 Å². The number of carbonyl (C=O) groups excluding carboxylic acids is 1. The third-order valence-corrected chi connectivity index (χ3v) is 7.11. The minimum atomic E-state index is -0.542. The van der Waals surface area contributed by atoms with Crippen molar-refractivity contribution in [3.8, 4) is 5.69 Å². The first kappa shape index (κ1) is 22.3. The summed E-state index contributed by atoms with van der Waals surface area (Å²) in [5.74, 6) is -0.260. The number of aromatic nitrogens is 3. The second-order valence-electron chi connectivity index (χ2n) is 8.28. The maximum Gasteiger partial charge on any atom is 0.337 e. The summed E-state index contributed by atoms with van der Waals surface area (Å²) in [5, 5.41) is 3.59. The van der Waals surface area contributed by atoms with Gasteiger partial charge in [0.15, 0.2) is 10.8 Å². The highest BCUT2D eigenvalue weighted by atomic mass is 32.1. The lowest BCUT2D eigenvalue weighted by Crippen LogP contribution is -2.42. The van der Waals surface area contributed by atoms with Gasteiger partial charge in [-0.15, -0.1) is 0 Å². The van der Waals surface area contributed by atoms with E-state index < -0.39 is 5.69 Å². The molecule has 1 aliphatic heterocycles. The molecule has 3 aromatic rings. The van der Waals surface area contributed by atoms with Gasteiger partial charge in [0.1, 0.15) is 11.2 Å². The number of rotatable bonds is 7. The minimum Gasteiger partial charge on any atom is -0.355 e. The summed E-state index contributed by atoms with van der Waals surface area (Å²) < 4.78 is 2.93. The Balaban J connectivity index is 1.90. The maximum atomic E-state index is 13.6. The number of anilines is 1. The lowest BCUT2D eigenvalue weighted by Gasteiger charge is -2.14. The molecule has 0 aliphatic carbocycles. The Morgan fingerprint density at radius 1 is 1.19 bits per heavy atom. The minimum absolute atomic E-state index is 0.173. The van der Waals surface area contributed by atoms with Gasteiger partial charge in [0.05, 0.1) is 5.69 Å². The number of fused-ring (bicyclic) bond motifs is 1. The van der Waals surface area contributed by atoms with Crippen molar-refractivity contribution >= 4 is 32.7 Å². The molecule has 1 fully saturated rings. The summed E-state index contributed by atoms with van der Waals surface area (Å²) in [5.41, 5.74) is 1.75. The zero-order chi connectivity index (χ0) is 22.8. The molecule has 0 unspecified atom stereocenters. The number of aryl methyl sites for hydroxylation is 1. The highest BCUT2D eigenvalue weighted by Gasteiger charge is 2.24. The Labute approximate surface area is 190 Å². The standard InChI is InChI=1S/C23H29N5O3S/c1-4-5-11-24-18(29)14-27-20-19(32-22(25-20)26-12-6-7-13-26)21(30)28(23(27)31)17-10-8-9-15(2)16(17)3/h8-10H,4-7,11-14H2,1-3H3,(H,24,29). The number of thiazole rings is 1. The van der Waals surface area contributed by atoms with E-state index in [2.05, 4.69) is 22.1 Å². The van der Waals surface area contributed by atoms with Gasteiger partial charge in [-0.25, -0.2) is 14.3 Å². The number of unbranched alkanes of at least 4 members (excludes halogenated alkanes) is 1. The van der Waals surface area contributed by atoms with Gasteiger partial charge in [0, 0.05) is 19.6 Å². The monoisotopic (exact) mass is 455 g/mol. The molecule has 0 saturated carbocycles. The Kier molecular flexibility index (Phi) is 6.45. The van der Waals surface area contributed by atoms with Crippen molar-refractivity contribution in [2.24, 2.45) is 0 Å². The normalized spacial score (nSPS) is 13.8. The Morgan fingerprint density at radius 2 is 1.94 bits per heavy atom. The van der Waals surface area contributed by atoms with E-state index in [1.165, 1.54) is 20.5 Å². The van der Waals surface area contributed by atoms with Crippen molar-refractivity contribution in [3.05, 3.63) is 50.2 Å². The Hall–Kier alpha value is -2.94. The molecule has 1 saturated heterocycles. The highest BCUT2D eigenvalue weighted by molar-refractivity contribution is 7.22. The maximum absolute atomic E-state index is 13.6. The van der Waals surface area contributed by atoms with Crippen LogP contribution in [0.25, 0.3) is 16.0 Å². The average molecular weight is 456 g/mol. The van der Waals surface area contributed by atoms with Gasteiger partial charge in [-0.05, 0) is 50.3 Å². The molecule has 4 rings (SSSR count). The van der Waals surface area contributed by atoms with E-state index in [0.717, 1.165) is 55.0 Å². The third kappa shape index (κ3) is 4.09. The molecular weight excluding hydrogens is 426 g/mol. The fraction of sp³-hybridized carbons (Fsp3) is 0.478. The number of amides is 1. The van der Waals surface area contributed by atoms with Gasteiger partial charge in [-0.3, -0.25) is 14.2 Å². The van der Waals surface area contributed by atoms with Gasteiger partial charge in [-0.1, -0.05) is 36.8 Å². The van der Waals surface area contributed by atoms with E-state index in [0.29, 0.717) is 22.6 Å². The Morgan fingerprint density at radius 3 is 2.66 bits per heavy atom. The van der Waals surface area contributed by atoms with Crippen LogP contribution in [0.2, 0.25) is 0 Å². The van der Waals surface area contributed by atoms with E-state index in [-0.39, 0.29) is 18.0 Å². The Bertz CT molecular complexity index is 1270. The predicted molar refractivity (Wildman–Crippen MR) is 128 cm³/mol. The van der Waals surface area contributed by atoms with Crippen LogP contribution in [0.4, 0.5) is 5.13 Å². The lowest BCUT2D eigenvalue weighted by atomic mass is 10.1. The molecule has 1 aliphatic rings. The summed E-state index contributed by atoms with van der Waals surface area (Å²) in [7, 11) is 0. The SMILES string of the molecule is CCCCNC(=O)Cn1c(=O)n(-c2cccc(C)c2C)c(=O)c2sc(N3CCCC3)nc21. The molecule has 3 heterocycles. The van der Waals surface area contributed by atoms with E-state index >= 15 is 0 Å². The molecule has 1 N–H and O–H groups in total. The molecule has 1 aromatic carbocycles. The number of nitrogens with zero attached hydrogens (tertiary/aromatic N) is 4. The number of benzene rings is 1. The van der Waals surface area contributed by atoms with Crippen molar-refractivity contribution in [1.29, 1.82) is 0 Å². The average Bonchev–Trinajstić information content (AvgIpc) is 3.44. The van der Waals surface area contributed by atoms with Crippen molar-refractivity contribution in [3.63, 3.8) is 0 Å². The van der Waals surface area contributed by atoms with Gasteiger partial charge in [0.2, 0.25) is 5.91 Å². The van der Waals surface area contributed by atoms with Crippen molar-refractivity contribution < 1.29 is 4.79 Å². The number of hydrogen-bond acceptors (Lipinski definition) is 6. The highest BCUT2D eigenvalue weighted by Crippen LogP contribution is 2.29. The molecule has 9 heteroatoms. The van der Waals surface area contributed by atoms with Gasteiger partial charge < -0.3 is 10.2 Å². The van der Waals surface area contributed by atoms with Crippen LogP contribution in [0.15, 0.2) is 27.8 Å². The molecule has 0 radical (unpaired) electrons. The number of hydrogen-bond donors (Lipinski definition) is 1. The van der Waals surface area contributed by atoms with Crippen molar-refractivity contribution in [2.75, 3.05) is 24.5 Å². The van der Waals surface area contributed by atoms with E-state index in [4.69, 9.17) is 0 Å². The van der Waals surface area contributed by atoms with Crippen LogP contribution in [-0.4, -0.2) is 39.7 Å². The van der Waals surface area contributed by atoms with Crippen LogP contribution in [-0.2, 0) is 11.3 Å². The summed E-state index contributed by atoms with van der Waals surface area (Å²) in [6.45, 7) is 8.04. The van der Waals surface area contributed by atoms with Crippen molar-refractivity contribution in [2.45, 2.75) is 53.0 Å². The fourth-order valence-electron chi connectivity index (χ4n) is 4.00. The summed E-state index contributed by atoms with van der Waals surface area (Å²) >= 11 is 1.30. The number of carbonyl (C=O) groups is 1. The van der Waals surface area contributed by atoms with E-state index in [1.807, 2.05) is 26.0 Å². The zero-order valence-electron chi connectivity index (χ0n) is 18.8. The zero-order valence-corrected chi connectivity index (χ0v) is 19.6. The first-order valence-corrected chi connectivity index (χ1v) is 12.0. The summed E-state index contributed by atoms with van der Waals surface area (Å²) in [6, 6.07) is 5.54. The molecule has 0 spiro atoms. The molecule has 0 bridgehead atoms. The first-order chi connectivity index (χ1) is 15.4. The van der Waals surface area contributed by atoms with Gasteiger partial charge in [-0.2, -0.15) is 0 Å². The molecule has 2 aromatic heterocycles. The molecule has 0 atom stereocenters. The molecule has 32 heavy (non-hydrogen) atoms. The van der Waals surface area contributed by atoms with Crippen LogP contribution in [0.5, 0.6) is 0 Å². The quantitative estimate of drug-likeness (QED) is 0.554. The van der Waals surface area contributed by atoms with Crippen LogP contribution < -0.4 is 21.5 Å². The lowest BCUT2D eigenvalue weighted by molar-refractivity contribution is -0.121. The number of nitrogens with one attached hydrogen (secondary N) is 1. The fourth-order valence-corrected chi connectivity index (χ4v) is 5.06. The smallest absolute Gasteiger partial charge is 0.337 e. The summed E-state index contributed by atoms with van der Waals surface area (Å²) in [6.07, 6.45) is 3.99. The summed E-state index contributed by atoms with van der Waals surface area (Å²) in [4.78, 5) is 46.5. The van der Waals surface area contributed by atoms with Gasteiger partial charge in [0.25, 0.3) is 5.56 Å². The van der Waals surface area contributed by atoms with Crippen LogP contribution in [0, 0.1) is 13.8 Å². The molecule has 170 valence electrons. The van der Waals surface area contributed by atoms with Crippen molar-refractivity contribution in [1.82, 2.24) is 19.4 Å². The van der Waals surface area contributed by atoms with Crippen LogP contribution >= 0.6 is 11.3 Å². The first-order valence-electron chi connectivity index (χ1n) is 11.2. The topological polar surface area (TPSA) is 89.2 Å². The molecule has 1 amide bonds. The molecular formula is C23H29N5O3S. The van der Waals surface area contributed by atoms with Crippen LogP contribution in [0.1, 0.15) is 43.7 Å². The third-order valence-electron chi connectivity index (χ3n) is 6.02. The predicted octanol–water partition coefficient (Wildman–Crippen LogP) is 2.74. The second kappa shape index (κ2) is 9.28.